The van der Waals surface area contributed by atoms with Crippen LogP contribution in [0.2, 0.25) is 0 Å². The van der Waals surface area contributed by atoms with Crippen molar-refractivity contribution in [2.24, 2.45) is 0 Å². The molecule has 4 rings (SSSR count). The molecule has 0 unspecified atom stereocenters. The van der Waals surface area contributed by atoms with Gasteiger partial charge in [-0.3, -0.25) is 9.69 Å². The molecule has 176 valence electrons. The standard InChI is InChI=1S/C27H29N3O4/c1-19-6-4-7-20(16-19)18-29-14-5-15-30(27(29)32)22-10-8-21(9-11-22)26(31)28-24-17-23(33-2)12-13-25(24)34-3/h4,6-13,16-17H,5,14-15,18H2,1-3H3,(H,28,31). The van der Waals surface area contributed by atoms with E-state index in [-0.39, 0.29) is 11.9 Å². The number of methoxy groups -OCH3 is 2. The summed E-state index contributed by atoms with van der Waals surface area (Å²) in [7, 11) is 3.11. The Morgan fingerprint density at radius 1 is 0.971 bits per heavy atom. The lowest BCUT2D eigenvalue weighted by Crippen LogP contribution is -2.49. The van der Waals surface area contributed by atoms with Crippen LogP contribution in [0.25, 0.3) is 0 Å². The summed E-state index contributed by atoms with van der Waals surface area (Å²) < 4.78 is 10.6. The van der Waals surface area contributed by atoms with E-state index in [1.807, 2.05) is 29.2 Å². The van der Waals surface area contributed by atoms with Crippen molar-refractivity contribution in [3.63, 3.8) is 0 Å². The van der Waals surface area contributed by atoms with E-state index in [4.69, 9.17) is 9.47 Å². The predicted octanol–water partition coefficient (Wildman–Crippen LogP) is 5.10. The van der Waals surface area contributed by atoms with Crippen LogP contribution in [0.1, 0.15) is 27.9 Å². The van der Waals surface area contributed by atoms with Crippen molar-refractivity contribution >= 4 is 23.3 Å². The van der Waals surface area contributed by atoms with Crippen molar-refractivity contribution in [2.75, 3.05) is 37.5 Å². The molecule has 7 nitrogen and oxygen atoms in total. The van der Waals surface area contributed by atoms with Gasteiger partial charge in [-0.25, -0.2) is 4.79 Å². The molecule has 34 heavy (non-hydrogen) atoms. The van der Waals surface area contributed by atoms with Crippen molar-refractivity contribution in [3.8, 4) is 11.5 Å². The van der Waals surface area contributed by atoms with Gasteiger partial charge in [-0.15, -0.1) is 0 Å². The summed E-state index contributed by atoms with van der Waals surface area (Å²) in [6.07, 6.45) is 0.884. The quantitative estimate of drug-likeness (QED) is 0.534. The zero-order chi connectivity index (χ0) is 24.1. The van der Waals surface area contributed by atoms with Crippen LogP contribution >= 0.6 is 0 Å². The first kappa shape index (κ1) is 23.2. The highest BCUT2D eigenvalue weighted by atomic mass is 16.5. The molecule has 3 aromatic rings. The highest BCUT2D eigenvalue weighted by Gasteiger charge is 2.27. The molecule has 1 aliphatic heterocycles. The van der Waals surface area contributed by atoms with Crippen LogP contribution in [-0.2, 0) is 6.54 Å². The van der Waals surface area contributed by atoms with E-state index in [1.54, 1.807) is 49.5 Å². The number of urea groups is 1. The fourth-order valence-corrected chi connectivity index (χ4v) is 4.10. The van der Waals surface area contributed by atoms with E-state index in [1.165, 1.54) is 5.56 Å². The first-order valence-electron chi connectivity index (χ1n) is 11.2. The minimum atomic E-state index is -0.274. The maximum atomic E-state index is 13.2. The van der Waals surface area contributed by atoms with E-state index in [0.29, 0.717) is 35.8 Å². The maximum Gasteiger partial charge on any atom is 0.324 e. The summed E-state index contributed by atoms with van der Waals surface area (Å²) in [6.45, 7) is 4.01. The number of hydrogen-bond donors (Lipinski definition) is 1. The Labute approximate surface area is 199 Å². The van der Waals surface area contributed by atoms with Crippen molar-refractivity contribution in [2.45, 2.75) is 19.9 Å². The van der Waals surface area contributed by atoms with Gasteiger partial charge < -0.3 is 19.7 Å². The molecule has 1 saturated heterocycles. The number of ether oxygens (including phenoxy) is 2. The SMILES string of the molecule is COc1ccc(OC)c(NC(=O)c2ccc(N3CCCN(Cc4cccc(C)c4)C3=O)cc2)c1. The van der Waals surface area contributed by atoms with Crippen LogP contribution in [0.15, 0.2) is 66.7 Å². The van der Waals surface area contributed by atoms with Gasteiger partial charge in [0.2, 0.25) is 0 Å². The number of carbonyl (C=O) groups excluding carboxylic acids is 2. The highest BCUT2D eigenvalue weighted by Crippen LogP contribution is 2.29. The van der Waals surface area contributed by atoms with Crippen molar-refractivity contribution in [3.05, 3.63) is 83.4 Å². The van der Waals surface area contributed by atoms with E-state index >= 15 is 0 Å². The molecular weight excluding hydrogens is 430 g/mol. The van der Waals surface area contributed by atoms with Gasteiger partial charge in [0.05, 0.1) is 19.9 Å². The molecule has 0 saturated carbocycles. The Morgan fingerprint density at radius 3 is 2.47 bits per heavy atom. The average molecular weight is 460 g/mol. The van der Waals surface area contributed by atoms with Gasteiger partial charge in [0.15, 0.2) is 0 Å². The number of benzene rings is 3. The molecule has 1 heterocycles. The summed E-state index contributed by atoms with van der Waals surface area (Å²) in [5.41, 5.74) is 4.08. The smallest absolute Gasteiger partial charge is 0.324 e. The van der Waals surface area contributed by atoms with Crippen LogP contribution in [0.4, 0.5) is 16.2 Å². The molecule has 0 aromatic heterocycles. The minimum absolute atomic E-state index is 0.0222. The van der Waals surface area contributed by atoms with Gasteiger partial charge in [0.25, 0.3) is 5.91 Å². The van der Waals surface area contributed by atoms with Crippen molar-refractivity contribution in [1.82, 2.24) is 4.90 Å². The molecule has 0 atom stereocenters. The summed E-state index contributed by atoms with van der Waals surface area (Å²) in [6, 6.07) is 20.5. The van der Waals surface area contributed by atoms with Gasteiger partial charge >= 0.3 is 6.03 Å². The molecule has 1 fully saturated rings. The zero-order valence-corrected chi connectivity index (χ0v) is 19.7. The third-order valence-electron chi connectivity index (χ3n) is 5.86. The first-order valence-corrected chi connectivity index (χ1v) is 11.2. The largest absolute Gasteiger partial charge is 0.497 e. The maximum absolute atomic E-state index is 13.2. The molecule has 7 heteroatoms. The summed E-state index contributed by atoms with van der Waals surface area (Å²) >= 11 is 0. The molecule has 1 aliphatic rings. The zero-order valence-electron chi connectivity index (χ0n) is 19.7. The fraction of sp³-hybridized carbons (Fsp3) is 0.259. The summed E-state index contributed by atoms with van der Waals surface area (Å²) in [4.78, 5) is 29.6. The molecule has 3 aromatic carbocycles. The molecule has 3 amide bonds. The van der Waals surface area contributed by atoms with E-state index in [9.17, 15) is 9.59 Å². The lowest BCUT2D eigenvalue weighted by molar-refractivity contribution is 0.102. The van der Waals surface area contributed by atoms with Crippen LogP contribution in [0.5, 0.6) is 11.5 Å². The fourth-order valence-electron chi connectivity index (χ4n) is 4.10. The lowest BCUT2D eigenvalue weighted by Gasteiger charge is -2.35. The Morgan fingerprint density at radius 2 is 1.76 bits per heavy atom. The molecule has 1 N–H and O–H groups in total. The van der Waals surface area contributed by atoms with Gasteiger partial charge in [0, 0.05) is 37.0 Å². The number of nitrogens with one attached hydrogen (secondary N) is 1. The second-order valence-electron chi connectivity index (χ2n) is 8.27. The Kier molecular flexibility index (Phi) is 7.01. The molecule has 0 bridgehead atoms. The normalized spacial score (nSPS) is 13.6. The topological polar surface area (TPSA) is 71.1 Å². The first-order chi connectivity index (χ1) is 16.5. The monoisotopic (exact) mass is 459 g/mol. The number of carbonyl (C=O) groups is 2. The van der Waals surface area contributed by atoms with Gasteiger partial charge in [-0.1, -0.05) is 29.8 Å². The predicted molar refractivity (Wildman–Crippen MR) is 133 cm³/mol. The number of amides is 3. The van der Waals surface area contributed by atoms with Gasteiger partial charge in [-0.05, 0) is 55.3 Å². The summed E-state index contributed by atoms with van der Waals surface area (Å²) in [5.74, 6) is 0.882. The number of nitrogens with zero attached hydrogens (tertiary/aromatic N) is 2. The van der Waals surface area contributed by atoms with E-state index in [2.05, 4.69) is 24.4 Å². The minimum Gasteiger partial charge on any atom is -0.497 e. The number of hydrogen-bond acceptors (Lipinski definition) is 4. The van der Waals surface area contributed by atoms with Crippen molar-refractivity contribution in [1.29, 1.82) is 0 Å². The molecule has 0 radical (unpaired) electrons. The number of anilines is 2. The lowest BCUT2D eigenvalue weighted by atomic mass is 10.1. The Balaban J connectivity index is 1.45. The van der Waals surface area contributed by atoms with Crippen molar-refractivity contribution < 1.29 is 19.1 Å². The molecular formula is C27H29N3O4. The molecule has 0 spiro atoms. The van der Waals surface area contributed by atoms with Crippen LogP contribution in [0, 0.1) is 6.92 Å². The Hall–Kier alpha value is -4.00. The average Bonchev–Trinajstić information content (AvgIpc) is 2.85. The Bertz CT molecular complexity index is 1180. The van der Waals surface area contributed by atoms with E-state index < -0.39 is 0 Å². The van der Waals surface area contributed by atoms with Gasteiger partial charge in [-0.2, -0.15) is 0 Å². The summed E-state index contributed by atoms with van der Waals surface area (Å²) in [5, 5.41) is 2.87. The van der Waals surface area contributed by atoms with E-state index in [0.717, 1.165) is 24.2 Å². The van der Waals surface area contributed by atoms with Crippen LogP contribution in [-0.4, -0.2) is 44.1 Å². The second-order valence-corrected chi connectivity index (χ2v) is 8.27. The second kappa shape index (κ2) is 10.3. The highest BCUT2D eigenvalue weighted by molar-refractivity contribution is 6.05. The third kappa shape index (κ3) is 5.14. The van der Waals surface area contributed by atoms with Crippen LogP contribution < -0.4 is 19.7 Å². The molecule has 0 aliphatic carbocycles. The number of rotatable bonds is 7. The van der Waals surface area contributed by atoms with Gasteiger partial charge in [0.1, 0.15) is 11.5 Å². The third-order valence-corrected chi connectivity index (χ3v) is 5.86. The van der Waals surface area contributed by atoms with Crippen LogP contribution in [0.3, 0.4) is 0 Å². The number of aryl methyl sites for hydroxylation is 1.